The normalized spacial score (nSPS) is 18.8. The van der Waals surface area contributed by atoms with Crippen LogP contribution in [-0.2, 0) is 4.79 Å². The highest BCUT2D eigenvalue weighted by atomic mass is 16.4. The number of carboxylic acid groups (broad SMARTS) is 1. The van der Waals surface area contributed by atoms with E-state index in [0.29, 0.717) is 0 Å². The van der Waals surface area contributed by atoms with E-state index < -0.39 is 5.97 Å². The quantitative estimate of drug-likeness (QED) is 0.903. The van der Waals surface area contributed by atoms with E-state index in [9.17, 15) is 9.90 Å². The Labute approximate surface area is 115 Å². The molecule has 1 unspecified atom stereocenters. The molecule has 3 nitrogen and oxygen atoms in total. The lowest BCUT2D eigenvalue weighted by Crippen LogP contribution is -2.31. The van der Waals surface area contributed by atoms with E-state index in [1.165, 1.54) is 36.8 Å². The second-order valence-corrected chi connectivity index (χ2v) is 5.42. The maximum absolute atomic E-state index is 11.2. The maximum Gasteiger partial charge on any atom is 0.305 e. The van der Waals surface area contributed by atoms with Crippen LogP contribution in [0.4, 0.5) is 0 Å². The molecule has 0 saturated carbocycles. The Morgan fingerprint density at radius 2 is 1.84 bits per heavy atom. The zero-order valence-corrected chi connectivity index (χ0v) is 11.6. The predicted octanol–water partition coefficient (Wildman–Crippen LogP) is 3.39. The average Bonchev–Trinajstić information content (AvgIpc) is 2.65. The molecule has 1 heterocycles. The van der Waals surface area contributed by atoms with E-state index >= 15 is 0 Å². The molecule has 1 N–H and O–H groups in total. The number of rotatable bonds is 4. The summed E-state index contributed by atoms with van der Waals surface area (Å²) in [4.78, 5) is 13.6. The zero-order chi connectivity index (χ0) is 13.7. The van der Waals surface area contributed by atoms with Gasteiger partial charge in [-0.3, -0.25) is 9.69 Å². The van der Waals surface area contributed by atoms with E-state index in [4.69, 9.17) is 0 Å². The molecule has 1 aliphatic rings. The van der Waals surface area contributed by atoms with Crippen LogP contribution in [0.2, 0.25) is 0 Å². The smallest absolute Gasteiger partial charge is 0.305 e. The Hall–Kier alpha value is -1.35. The molecule has 0 aromatic heterocycles. The largest absolute Gasteiger partial charge is 0.481 e. The standard InChI is InChI=1S/C16H23NO2/c1-13-8-4-5-9-14(13)15(12-16(18)19)17-10-6-2-3-7-11-17/h4-5,8-9,15H,2-3,6-7,10-12H2,1H3,(H,18,19). The molecule has 1 aliphatic heterocycles. The van der Waals surface area contributed by atoms with Gasteiger partial charge in [0.1, 0.15) is 0 Å². The lowest BCUT2D eigenvalue weighted by molar-refractivity contribution is -0.138. The minimum absolute atomic E-state index is 0.0248. The summed E-state index contributed by atoms with van der Waals surface area (Å²) in [5, 5.41) is 9.21. The number of carboxylic acids is 1. The molecule has 19 heavy (non-hydrogen) atoms. The van der Waals surface area contributed by atoms with Crippen molar-refractivity contribution in [3.05, 3.63) is 35.4 Å². The third-order valence-corrected chi connectivity index (χ3v) is 4.00. The van der Waals surface area contributed by atoms with E-state index in [-0.39, 0.29) is 12.5 Å². The molecule has 104 valence electrons. The number of hydrogen-bond acceptors (Lipinski definition) is 2. The summed E-state index contributed by atoms with van der Waals surface area (Å²) in [7, 11) is 0. The maximum atomic E-state index is 11.2. The minimum Gasteiger partial charge on any atom is -0.481 e. The highest BCUT2D eigenvalue weighted by Gasteiger charge is 2.24. The second kappa shape index (κ2) is 6.71. The second-order valence-electron chi connectivity index (χ2n) is 5.42. The SMILES string of the molecule is Cc1ccccc1C(CC(=O)O)N1CCCCCC1. The summed E-state index contributed by atoms with van der Waals surface area (Å²) in [6, 6.07) is 8.20. The molecule has 1 atom stereocenters. The molecule has 0 bridgehead atoms. The lowest BCUT2D eigenvalue weighted by Gasteiger charge is -2.31. The molecule has 0 aliphatic carbocycles. The number of aryl methyl sites for hydroxylation is 1. The summed E-state index contributed by atoms with van der Waals surface area (Å²) < 4.78 is 0. The number of carbonyl (C=O) groups is 1. The minimum atomic E-state index is -0.711. The van der Waals surface area contributed by atoms with Crippen molar-refractivity contribution in [3.8, 4) is 0 Å². The van der Waals surface area contributed by atoms with Gasteiger partial charge in [-0.15, -0.1) is 0 Å². The Morgan fingerprint density at radius 1 is 1.21 bits per heavy atom. The molecular weight excluding hydrogens is 238 g/mol. The first kappa shape index (κ1) is 14.1. The monoisotopic (exact) mass is 261 g/mol. The molecule has 1 saturated heterocycles. The van der Waals surface area contributed by atoms with Crippen molar-refractivity contribution in [2.75, 3.05) is 13.1 Å². The average molecular weight is 261 g/mol. The zero-order valence-electron chi connectivity index (χ0n) is 11.6. The molecule has 0 spiro atoms. The first-order valence-electron chi connectivity index (χ1n) is 7.20. The van der Waals surface area contributed by atoms with E-state index in [1.807, 2.05) is 12.1 Å². The molecule has 0 radical (unpaired) electrons. The number of aliphatic carboxylic acids is 1. The van der Waals surface area contributed by atoms with Crippen molar-refractivity contribution >= 4 is 5.97 Å². The van der Waals surface area contributed by atoms with Crippen molar-refractivity contribution in [1.82, 2.24) is 4.90 Å². The van der Waals surface area contributed by atoms with Gasteiger partial charge in [0, 0.05) is 6.04 Å². The van der Waals surface area contributed by atoms with Crippen LogP contribution in [0.15, 0.2) is 24.3 Å². The van der Waals surface area contributed by atoms with Crippen molar-refractivity contribution in [2.45, 2.75) is 45.1 Å². The first-order chi connectivity index (χ1) is 9.18. The molecule has 0 amide bonds. The van der Waals surface area contributed by atoms with Crippen LogP contribution in [0.1, 0.15) is 49.3 Å². The third kappa shape index (κ3) is 3.80. The number of nitrogens with zero attached hydrogens (tertiary/aromatic N) is 1. The number of hydrogen-bond donors (Lipinski definition) is 1. The molecule has 1 fully saturated rings. The van der Waals surface area contributed by atoms with Crippen LogP contribution < -0.4 is 0 Å². The van der Waals surface area contributed by atoms with Crippen molar-refractivity contribution < 1.29 is 9.90 Å². The van der Waals surface area contributed by atoms with Gasteiger partial charge in [0.15, 0.2) is 0 Å². The van der Waals surface area contributed by atoms with E-state index in [0.717, 1.165) is 13.1 Å². The van der Waals surface area contributed by atoms with Gasteiger partial charge in [-0.05, 0) is 44.0 Å². The fourth-order valence-electron chi connectivity index (χ4n) is 2.97. The Kier molecular flexibility index (Phi) is 4.97. The summed E-state index contributed by atoms with van der Waals surface area (Å²) in [6.07, 6.45) is 5.10. The van der Waals surface area contributed by atoms with Crippen molar-refractivity contribution in [1.29, 1.82) is 0 Å². The molecule has 1 aromatic rings. The highest BCUT2D eigenvalue weighted by molar-refractivity contribution is 5.68. The van der Waals surface area contributed by atoms with Gasteiger partial charge in [-0.25, -0.2) is 0 Å². The van der Waals surface area contributed by atoms with Crippen LogP contribution in [0, 0.1) is 6.92 Å². The van der Waals surface area contributed by atoms with E-state index in [1.54, 1.807) is 0 Å². The highest BCUT2D eigenvalue weighted by Crippen LogP contribution is 2.29. The topological polar surface area (TPSA) is 40.5 Å². The number of benzene rings is 1. The van der Waals surface area contributed by atoms with Crippen LogP contribution in [-0.4, -0.2) is 29.1 Å². The van der Waals surface area contributed by atoms with Crippen LogP contribution >= 0.6 is 0 Å². The summed E-state index contributed by atoms with van der Waals surface area (Å²) in [5.74, 6) is -0.711. The van der Waals surface area contributed by atoms with Gasteiger partial charge in [-0.1, -0.05) is 37.1 Å². The van der Waals surface area contributed by atoms with Crippen molar-refractivity contribution in [3.63, 3.8) is 0 Å². The van der Waals surface area contributed by atoms with Crippen LogP contribution in [0.25, 0.3) is 0 Å². The van der Waals surface area contributed by atoms with Gasteiger partial charge < -0.3 is 5.11 Å². The summed E-state index contributed by atoms with van der Waals surface area (Å²) in [5.41, 5.74) is 2.37. The molecule has 3 heteroatoms. The fourth-order valence-corrected chi connectivity index (χ4v) is 2.97. The van der Waals surface area contributed by atoms with Crippen LogP contribution in [0.5, 0.6) is 0 Å². The van der Waals surface area contributed by atoms with Gasteiger partial charge in [0.2, 0.25) is 0 Å². The lowest BCUT2D eigenvalue weighted by atomic mass is 9.97. The Balaban J connectivity index is 2.24. The van der Waals surface area contributed by atoms with E-state index in [2.05, 4.69) is 24.0 Å². The number of likely N-dealkylation sites (tertiary alicyclic amines) is 1. The van der Waals surface area contributed by atoms with Gasteiger partial charge in [0.25, 0.3) is 0 Å². The van der Waals surface area contributed by atoms with Gasteiger partial charge >= 0.3 is 5.97 Å². The molecule has 1 aromatic carbocycles. The van der Waals surface area contributed by atoms with Gasteiger partial charge in [-0.2, -0.15) is 0 Å². The predicted molar refractivity (Wildman–Crippen MR) is 76.2 cm³/mol. The Bertz CT molecular complexity index is 423. The molecular formula is C16H23NO2. The van der Waals surface area contributed by atoms with Gasteiger partial charge in [0.05, 0.1) is 6.42 Å². The summed E-state index contributed by atoms with van der Waals surface area (Å²) >= 11 is 0. The molecule has 2 rings (SSSR count). The van der Waals surface area contributed by atoms with Crippen LogP contribution in [0.3, 0.4) is 0 Å². The van der Waals surface area contributed by atoms with Crippen molar-refractivity contribution in [2.24, 2.45) is 0 Å². The Morgan fingerprint density at radius 3 is 2.42 bits per heavy atom. The summed E-state index contributed by atoms with van der Waals surface area (Å²) in [6.45, 7) is 4.11. The fraction of sp³-hybridized carbons (Fsp3) is 0.562. The third-order valence-electron chi connectivity index (χ3n) is 4.00. The first-order valence-corrected chi connectivity index (χ1v) is 7.20.